The van der Waals surface area contributed by atoms with Gasteiger partial charge in [-0.3, -0.25) is 9.59 Å². The normalized spacial score (nSPS) is 12.0. The molecule has 2 aromatic rings. The molecule has 0 radical (unpaired) electrons. The van der Waals surface area contributed by atoms with Crippen LogP contribution in [-0.4, -0.2) is 35.3 Å². The number of nitrogens with zero attached hydrogens (tertiary/aromatic N) is 1. The molecule has 0 saturated heterocycles. The van der Waals surface area contributed by atoms with Gasteiger partial charge in [0.25, 0.3) is 5.91 Å². The van der Waals surface area contributed by atoms with E-state index < -0.39 is 5.97 Å². The molecule has 3 rings (SSSR count). The molecule has 1 aliphatic heterocycles. The number of anilines is 2. The molecule has 138 valence electrons. The monoisotopic (exact) mass is 377 g/mol. The number of thiazole rings is 1. The number of carboxylic acids is 1. The Kier molecular flexibility index (Phi) is 5.90. The lowest BCUT2D eigenvalue weighted by Crippen LogP contribution is -2.24. The lowest BCUT2D eigenvalue weighted by molar-refractivity contribution is -0.137. The summed E-state index contributed by atoms with van der Waals surface area (Å²) in [7, 11) is 0. The number of carboxylic acid groups (broad SMARTS) is 1. The van der Waals surface area contributed by atoms with Crippen molar-refractivity contribution in [2.45, 2.75) is 25.7 Å². The van der Waals surface area contributed by atoms with Gasteiger partial charge in [-0.1, -0.05) is 6.42 Å². The van der Waals surface area contributed by atoms with Gasteiger partial charge in [0.2, 0.25) is 6.79 Å². The van der Waals surface area contributed by atoms with E-state index in [0.717, 1.165) is 18.5 Å². The number of nitrogens with one attached hydrogen (secondary N) is 2. The number of hydrogen-bond donors (Lipinski definition) is 3. The van der Waals surface area contributed by atoms with Crippen LogP contribution in [0.2, 0.25) is 0 Å². The summed E-state index contributed by atoms with van der Waals surface area (Å²) in [5.41, 5.74) is 1.15. The van der Waals surface area contributed by atoms with Gasteiger partial charge in [-0.05, 0) is 25.0 Å². The van der Waals surface area contributed by atoms with Gasteiger partial charge in [0.05, 0.1) is 0 Å². The van der Waals surface area contributed by atoms with E-state index in [4.69, 9.17) is 14.6 Å². The number of amides is 1. The molecule has 1 aromatic heterocycles. The largest absolute Gasteiger partial charge is 0.481 e. The van der Waals surface area contributed by atoms with Crippen molar-refractivity contribution in [1.82, 2.24) is 10.3 Å². The fraction of sp³-hybridized carbons (Fsp3) is 0.353. The van der Waals surface area contributed by atoms with Crippen molar-refractivity contribution in [2.24, 2.45) is 0 Å². The summed E-state index contributed by atoms with van der Waals surface area (Å²) in [5, 5.41) is 16.8. The maximum absolute atomic E-state index is 12.1. The van der Waals surface area contributed by atoms with Gasteiger partial charge in [-0.2, -0.15) is 0 Å². The van der Waals surface area contributed by atoms with Crippen LogP contribution in [0, 0.1) is 0 Å². The number of carbonyl (C=O) groups excluding carboxylic acids is 1. The Morgan fingerprint density at radius 3 is 2.88 bits per heavy atom. The zero-order valence-corrected chi connectivity index (χ0v) is 14.8. The van der Waals surface area contributed by atoms with Gasteiger partial charge in [-0.15, -0.1) is 11.3 Å². The van der Waals surface area contributed by atoms with Gasteiger partial charge in [0.15, 0.2) is 16.6 Å². The first-order valence-electron chi connectivity index (χ1n) is 8.24. The van der Waals surface area contributed by atoms with Crippen LogP contribution in [0.1, 0.15) is 36.2 Å². The van der Waals surface area contributed by atoms with Crippen LogP contribution in [0.4, 0.5) is 10.8 Å². The highest BCUT2D eigenvalue weighted by Gasteiger charge is 2.14. The standard InChI is InChI=1S/C17H19N3O5S/c21-15(22)4-2-1-3-7-18-16(23)12-9-26-17(20-12)19-11-5-6-13-14(8-11)25-10-24-13/h5-6,8-9H,1-4,7,10H2,(H,18,23)(H,19,20)(H,21,22). The van der Waals surface area contributed by atoms with E-state index in [-0.39, 0.29) is 19.1 Å². The Labute approximate surface area is 154 Å². The molecule has 1 aliphatic rings. The number of hydrogen-bond acceptors (Lipinski definition) is 7. The molecule has 0 bridgehead atoms. The Balaban J connectivity index is 1.45. The van der Waals surface area contributed by atoms with Crippen LogP contribution in [0.15, 0.2) is 23.6 Å². The second kappa shape index (κ2) is 8.52. The molecule has 3 N–H and O–H groups in total. The highest BCUT2D eigenvalue weighted by molar-refractivity contribution is 7.14. The fourth-order valence-corrected chi connectivity index (χ4v) is 3.11. The van der Waals surface area contributed by atoms with Crippen molar-refractivity contribution < 1.29 is 24.2 Å². The van der Waals surface area contributed by atoms with E-state index in [1.165, 1.54) is 11.3 Å². The summed E-state index contributed by atoms with van der Waals surface area (Å²) in [4.78, 5) is 26.8. The highest BCUT2D eigenvalue weighted by atomic mass is 32.1. The molecule has 26 heavy (non-hydrogen) atoms. The molecule has 0 spiro atoms. The second-order valence-corrected chi connectivity index (χ2v) is 6.55. The van der Waals surface area contributed by atoms with Crippen LogP contribution in [-0.2, 0) is 4.79 Å². The molecule has 0 unspecified atom stereocenters. The fourth-order valence-electron chi connectivity index (χ4n) is 2.40. The molecule has 0 fully saturated rings. The predicted molar refractivity (Wildman–Crippen MR) is 96.4 cm³/mol. The number of aromatic nitrogens is 1. The van der Waals surface area contributed by atoms with E-state index >= 15 is 0 Å². The summed E-state index contributed by atoms with van der Waals surface area (Å²) >= 11 is 1.34. The van der Waals surface area contributed by atoms with Crippen LogP contribution < -0.4 is 20.1 Å². The third-order valence-corrected chi connectivity index (χ3v) is 4.47. The van der Waals surface area contributed by atoms with E-state index in [1.54, 1.807) is 5.38 Å². The quantitative estimate of drug-likeness (QED) is 0.576. The summed E-state index contributed by atoms with van der Waals surface area (Å²) in [6.07, 6.45) is 2.28. The third kappa shape index (κ3) is 4.85. The summed E-state index contributed by atoms with van der Waals surface area (Å²) in [5.74, 6) is 0.350. The molecule has 0 saturated carbocycles. The number of aliphatic carboxylic acids is 1. The van der Waals surface area contributed by atoms with E-state index in [1.807, 2.05) is 18.2 Å². The molecule has 8 nitrogen and oxygen atoms in total. The minimum Gasteiger partial charge on any atom is -0.481 e. The van der Waals surface area contributed by atoms with Crippen molar-refractivity contribution in [3.63, 3.8) is 0 Å². The smallest absolute Gasteiger partial charge is 0.303 e. The van der Waals surface area contributed by atoms with Gasteiger partial charge in [-0.25, -0.2) is 4.98 Å². The lowest BCUT2D eigenvalue weighted by atomic mass is 10.2. The first-order valence-corrected chi connectivity index (χ1v) is 9.12. The van der Waals surface area contributed by atoms with Gasteiger partial charge in [0.1, 0.15) is 5.69 Å². The number of rotatable bonds is 9. The summed E-state index contributed by atoms with van der Waals surface area (Å²) < 4.78 is 10.6. The van der Waals surface area contributed by atoms with Gasteiger partial charge >= 0.3 is 5.97 Å². The molecule has 9 heteroatoms. The van der Waals surface area contributed by atoms with Gasteiger partial charge < -0.3 is 25.2 Å². The molecular formula is C17H19N3O5S. The van der Waals surface area contributed by atoms with E-state index in [9.17, 15) is 9.59 Å². The van der Waals surface area contributed by atoms with Crippen molar-refractivity contribution >= 4 is 34.0 Å². The topological polar surface area (TPSA) is 110 Å². The van der Waals surface area contributed by atoms with Crippen molar-refractivity contribution in [3.05, 3.63) is 29.3 Å². The zero-order valence-electron chi connectivity index (χ0n) is 14.0. The Hall–Kier alpha value is -2.81. The molecule has 1 aromatic carbocycles. The number of ether oxygens (including phenoxy) is 2. The maximum atomic E-state index is 12.1. The van der Waals surface area contributed by atoms with Gasteiger partial charge in [0, 0.05) is 30.1 Å². The molecular weight excluding hydrogens is 358 g/mol. The minimum absolute atomic E-state index is 0.162. The van der Waals surface area contributed by atoms with E-state index in [0.29, 0.717) is 35.3 Å². The Bertz CT molecular complexity index is 792. The lowest BCUT2D eigenvalue weighted by Gasteiger charge is -2.04. The Morgan fingerprint density at radius 2 is 2.04 bits per heavy atom. The maximum Gasteiger partial charge on any atom is 0.303 e. The number of unbranched alkanes of at least 4 members (excludes halogenated alkanes) is 2. The van der Waals surface area contributed by atoms with Crippen LogP contribution in [0.3, 0.4) is 0 Å². The van der Waals surface area contributed by atoms with Crippen molar-refractivity contribution in [2.75, 3.05) is 18.7 Å². The molecule has 1 amide bonds. The Morgan fingerprint density at radius 1 is 1.19 bits per heavy atom. The average molecular weight is 377 g/mol. The van der Waals surface area contributed by atoms with Crippen molar-refractivity contribution in [3.8, 4) is 11.5 Å². The summed E-state index contributed by atoms with van der Waals surface area (Å²) in [6, 6.07) is 5.49. The molecule has 2 heterocycles. The predicted octanol–water partition coefficient (Wildman–Crippen LogP) is 2.99. The van der Waals surface area contributed by atoms with Crippen LogP contribution >= 0.6 is 11.3 Å². The SMILES string of the molecule is O=C(O)CCCCCNC(=O)c1csc(Nc2ccc3c(c2)OCO3)n1. The van der Waals surface area contributed by atoms with E-state index in [2.05, 4.69) is 15.6 Å². The average Bonchev–Trinajstić information content (AvgIpc) is 3.26. The van der Waals surface area contributed by atoms with Crippen LogP contribution in [0.5, 0.6) is 11.5 Å². The first-order chi connectivity index (χ1) is 12.6. The number of fused-ring (bicyclic) bond motifs is 1. The third-order valence-electron chi connectivity index (χ3n) is 3.71. The molecule has 0 atom stereocenters. The number of carbonyl (C=O) groups is 2. The van der Waals surface area contributed by atoms with Crippen molar-refractivity contribution in [1.29, 1.82) is 0 Å². The number of benzene rings is 1. The second-order valence-electron chi connectivity index (χ2n) is 5.69. The van der Waals surface area contributed by atoms with Crippen LogP contribution in [0.25, 0.3) is 0 Å². The summed E-state index contributed by atoms with van der Waals surface area (Å²) in [6.45, 7) is 0.720. The first kappa shape index (κ1) is 18.0. The molecule has 0 aliphatic carbocycles. The highest BCUT2D eigenvalue weighted by Crippen LogP contribution is 2.35. The zero-order chi connectivity index (χ0) is 18.4. The minimum atomic E-state index is -0.793.